The monoisotopic (exact) mass is 1870 g/mol. The third-order valence-corrected chi connectivity index (χ3v) is 26.0. The van der Waals surface area contributed by atoms with Crippen LogP contribution in [0.1, 0.15) is 140 Å². The number of fused-ring (bicyclic) bond motifs is 5. The number of H-pyrrole nitrogens is 1. The van der Waals surface area contributed by atoms with Crippen LogP contribution in [-0.4, -0.2) is 308 Å². The zero-order valence-corrected chi connectivity index (χ0v) is 76.1. The summed E-state index contributed by atoms with van der Waals surface area (Å²) in [5, 5.41) is 51.2. The highest BCUT2D eigenvalue weighted by atomic mass is 32.2. The van der Waals surface area contributed by atoms with Gasteiger partial charge in [-0.1, -0.05) is 88.1 Å². The molecular formula is C88H124N22O20S2. The second-order valence-electron chi connectivity index (χ2n) is 33.6. The molecule has 0 aliphatic carbocycles. The molecule has 25 N–H and O–H groups in total. The number of benzene rings is 3. The van der Waals surface area contributed by atoms with E-state index in [0.29, 0.717) is 53.3 Å². The highest BCUT2D eigenvalue weighted by molar-refractivity contribution is 8.00. The van der Waals surface area contributed by atoms with E-state index in [9.17, 15) is 58.2 Å². The van der Waals surface area contributed by atoms with Crippen molar-refractivity contribution in [1.29, 1.82) is 0 Å². The number of aliphatic hydroxyl groups is 1. The van der Waals surface area contributed by atoms with Crippen LogP contribution in [0.2, 0.25) is 0 Å². The maximum absolute atomic E-state index is 15.8. The molecule has 718 valence electrons. The number of thiophene rings is 1. The molecule has 132 heavy (non-hydrogen) atoms. The van der Waals surface area contributed by atoms with Gasteiger partial charge < -0.3 is 127 Å². The summed E-state index contributed by atoms with van der Waals surface area (Å²) in [6, 6.07) is -1.50. The number of phenols is 1. The van der Waals surface area contributed by atoms with Crippen molar-refractivity contribution in [3.05, 3.63) is 101 Å². The van der Waals surface area contributed by atoms with Gasteiger partial charge in [-0.05, 0) is 129 Å². The van der Waals surface area contributed by atoms with E-state index < -0.39 is 254 Å². The minimum absolute atomic E-state index is 0.00555. The zero-order valence-electron chi connectivity index (χ0n) is 74.5. The molecule has 4 saturated heterocycles. The van der Waals surface area contributed by atoms with Gasteiger partial charge in [-0.3, -0.25) is 86.3 Å². The molecule has 0 saturated carbocycles. The van der Waals surface area contributed by atoms with Gasteiger partial charge in [-0.15, -0.1) is 23.1 Å². The highest BCUT2D eigenvalue weighted by Gasteiger charge is 2.47. The van der Waals surface area contributed by atoms with Crippen molar-refractivity contribution in [2.45, 2.75) is 233 Å². The molecule has 9 rings (SSSR count). The van der Waals surface area contributed by atoms with E-state index in [4.69, 9.17) is 34.4 Å². The Kier molecular flexibility index (Phi) is 38.9. The second kappa shape index (κ2) is 49.7. The van der Waals surface area contributed by atoms with E-state index in [1.54, 1.807) is 36.5 Å². The number of unbranched alkanes of at least 4 members (excludes halogenated alkanes) is 2. The number of nitrogens with two attached hydrogens (primary N) is 6. The number of aliphatic hydroxyl groups excluding tert-OH is 1. The predicted octanol–water partition coefficient (Wildman–Crippen LogP) is -4.01. The van der Waals surface area contributed by atoms with Crippen LogP contribution in [0.25, 0.3) is 21.0 Å². The Hall–Kier alpha value is -12.4. The van der Waals surface area contributed by atoms with E-state index in [0.717, 1.165) is 31.6 Å². The fraction of sp³-hybridized carbons (Fsp3) is 0.545. The third kappa shape index (κ3) is 28.1. The van der Waals surface area contributed by atoms with Crippen LogP contribution in [0, 0.1) is 0 Å². The molecule has 3 aromatic carbocycles. The van der Waals surface area contributed by atoms with Crippen LogP contribution in [0.5, 0.6) is 5.75 Å². The van der Waals surface area contributed by atoms with Crippen molar-refractivity contribution in [1.82, 2.24) is 82.7 Å². The molecule has 5 aromatic rings. The molecular weight excluding hydrogens is 1750 g/mol. The molecule has 0 radical (unpaired) electrons. The number of rotatable bonds is 26. The number of aromatic nitrogens is 1. The van der Waals surface area contributed by atoms with Crippen molar-refractivity contribution < 1.29 is 96.5 Å². The zero-order chi connectivity index (χ0) is 96.2. The Morgan fingerprint density at radius 1 is 0.492 bits per heavy atom. The standard InChI is InChI=1S/C88H124N22O20S2/c1-5-7-20-65-80(122)99-56(19-13-32-89)76(118)105-64(75(117)96-43-73(94)115)46-131-47-74(116)97-60(36-48-25-27-51(111)28-26-48)86(128)108-34-14-22-66(108)81(123)103-62(40-72(93)114)87(129)109-35-15-23-67(109)82(124)104-63(41-91)79(121)100-58(29-30-71(92)113)85(127)110-44-52(112)39-69(110)83(125)101-59(37-49-42-95-55-18-11-9-16-53(49)55)78(120)98-57(31-33-90)77(119)102-61(38-50-45-132-70-24-12-10-17-54(50)70)84(126)107(4)68(21-8-6-2)88(130)106(65)3/h9-12,16-18,24-28,42,45,52,56-69,95,111-112H,5-8,13-15,19-23,29-41,43-44,46-47,89-91H2,1-4H3,(H2,92,113)(H2,93,114)(H2,94,115)(H,96,117)(H,97,116)(H,98,120)(H,99,122)(H,100,121)(H,101,125)(H,102,119)(H,103,123)(H,104,124)(H,105,118)/t52-,56+,57+,58+,59+,60+,61+,62+,63+,64+,65+,66+,67+,68+,69+/m1/s1. The van der Waals surface area contributed by atoms with Gasteiger partial charge in [0.1, 0.15) is 90.3 Å². The number of likely N-dealkylation sites (N-methyl/N-ethyl adjacent to an activating group) is 2. The van der Waals surface area contributed by atoms with E-state index in [1.807, 2.05) is 37.4 Å². The first kappa shape index (κ1) is 103. The minimum Gasteiger partial charge on any atom is -0.508 e. The molecule has 18 amide bonds. The van der Waals surface area contributed by atoms with Crippen molar-refractivity contribution in [3.8, 4) is 5.75 Å². The number of hydrogen-bond acceptors (Lipinski definition) is 25. The Morgan fingerprint density at radius 2 is 1.03 bits per heavy atom. The maximum Gasteiger partial charge on any atom is 0.246 e. The van der Waals surface area contributed by atoms with Crippen LogP contribution in [0.15, 0.2) is 84.4 Å². The van der Waals surface area contributed by atoms with E-state index in [-0.39, 0.29) is 109 Å². The predicted molar refractivity (Wildman–Crippen MR) is 487 cm³/mol. The van der Waals surface area contributed by atoms with Gasteiger partial charge in [0.05, 0.1) is 24.8 Å². The number of hydrogen-bond donors (Lipinski definition) is 19. The molecule has 4 fully saturated rings. The summed E-state index contributed by atoms with van der Waals surface area (Å²) in [4.78, 5) is 271. The molecule has 0 bridgehead atoms. The first-order valence-corrected chi connectivity index (χ1v) is 46.6. The van der Waals surface area contributed by atoms with Gasteiger partial charge in [0.15, 0.2) is 0 Å². The van der Waals surface area contributed by atoms with Crippen LogP contribution < -0.4 is 87.6 Å². The van der Waals surface area contributed by atoms with Gasteiger partial charge in [-0.2, -0.15) is 0 Å². The largest absolute Gasteiger partial charge is 0.508 e. The Morgan fingerprint density at radius 3 is 1.67 bits per heavy atom. The number of aromatic hydroxyl groups is 1. The van der Waals surface area contributed by atoms with Crippen LogP contribution in [-0.2, 0) is 106 Å². The van der Waals surface area contributed by atoms with Gasteiger partial charge in [-0.25, -0.2) is 0 Å². The second-order valence-corrected chi connectivity index (χ2v) is 35.6. The summed E-state index contributed by atoms with van der Waals surface area (Å²) in [6.07, 6.45) is -1.01. The molecule has 6 heterocycles. The summed E-state index contributed by atoms with van der Waals surface area (Å²) in [5.41, 5.74) is 37.3. The Labute approximate surface area is 771 Å². The summed E-state index contributed by atoms with van der Waals surface area (Å²) in [5.74, 6) is -17.8. The number of carbonyl (C=O) groups is 18. The lowest BCUT2D eigenvalue weighted by atomic mass is 9.99. The van der Waals surface area contributed by atoms with Crippen molar-refractivity contribution >= 4 is 150 Å². The third-order valence-electron chi connectivity index (χ3n) is 24.0. The molecule has 0 unspecified atom stereocenters. The first-order valence-electron chi connectivity index (χ1n) is 44.5. The van der Waals surface area contributed by atoms with Crippen LogP contribution >= 0.6 is 23.1 Å². The van der Waals surface area contributed by atoms with Crippen molar-refractivity contribution in [2.24, 2.45) is 34.4 Å². The van der Waals surface area contributed by atoms with Gasteiger partial charge in [0, 0.05) is 99.9 Å². The van der Waals surface area contributed by atoms with E-state index in [1.165, 1.54) is 64.4 Å². The average Bonchev–Trinajstić information content (AvgIpc) is 1.35. The lowest BCUT2D eigenvalue weighted by molar-refractivity contribution is -0.149. The number of primary amides is 3. The lowest BCUT2D eigenvalue weighted by Gasteiger charge is -2.36. The van der Waals surface area contributed by atoms with E-state index >= 15 is 38.4 Å². The topological polar surface area (TPSA) is 656 Å². The van der Waals surface area contributed by atoms with E-state index in [2.05, 4.69) is 58.2 Å². The van der Waals surface area contributed by atoms with Gasteiger partial charge in [0.25, 0.3) is 0 Å². The number of carbonyl (C=O) groups excluding carboxylic acids is 18. The molecule has 15 atom stereocenters. The maximum atomic E-state index is 15.8. The molecule has 4 aliphatic heterocycles. The molecule has 4 aliphatic rings. The number of nitrogens with one attached hydrogen (secondary N) is 11. The summed E-state index contributed by atoms with van der Waals surface area (Å²) in [6.45, 7) is 1.37. The van der Waals surface area contributed by atoms with Crippen molar-refractivity contribution in [2.75, 3.05) is 71.4 Å². The van der Waals surface area contributed by atoms with Gasteiger partial charge in [0.2, 0.25) is 106 Å². The average molecular weight is 1870 g/mol. The molecule has 2 aromatic heterocycles. The summed E-state index contributed by atoms with van der Waals surface area (Å²) < 4.78 is 0.832. The molecule has 42 nitrogen and oxygen atoms in total. The highest BCUT2D eigenvalue weighted by Crippen LogP contribution is 2.31. The van der Waals surface area contributed by atoms with Crippen LogP contribution in [0.4, 0.5) is 0 Å². The summed E-state index contributed by atoms with van der Waals surface area (Å²) in [7, 11) is 2.76. The number of aromatic amines is 1. The lowest BCUT2D eigenvalue weighted by Crippen LogP contribution is -2.61. The normalized spacial score (nSPS) is 25.5. The number of amides is 18. The fourth-order valence-corrected chi connectivity index (χ4v) is 18.7. The van der Waals surface area contributed by atoms with Gasteiger partial charge >= 0.3 is 0 Å². The Bertz CT molecular complexity index is 4980. The number of nitrogens with zero attached hydrogens (tertiary/aromatic N) is 5. The molecule has 0 spiro atoms. The van der Waals surface area contributed by atoms with Crippen molar-refractivity contribution in [3.63, 3.8) is 0 Å². The molecule has 44 heteroatoms. The smallest absolute Gasteiger partial charge is 0.246 e. The number of para-hydroxylation sites is 1. The Balaban J connectivity index is 1.09. The first-order chi connectivity index (χ1) is 63.1. The fourth-order valence-electron chi connectivity index (χ4n) is 16.8. The summed E-state index contributed by atoms with van der Waals surface area (Å²) >= 11 is 2.16. The number of phenolic OH excluding ortho intramolecular Hbond substituents is 1. The quantitative estimate of drug-likeness (QED) is 0.0251. The number of thioether (sulfide) groups is 1. The SMILES string of the molecule is CCCC[C@H]1C(=O)N(C)[C@@H](CCCC)C(=O)N[C@@H](CCCN)C(=O)N[C@H](C(=O)NCC(N)=O)CSCC(=O)N[C@@H](Cc2ccc(O)cc2)C(=O)N2CCC[C@H]2C(=O)N[C@@H](CC(N)=O)C(=O)N2CCC[C@H]2C(=O)N[C@@H](CN)C(=O)N[C@@H](CCC(N)=O)C(=O)N2C[C@H](O)C[C@H]2C(=O)N[C@@H](Cc2c[nH]c3ccccc23)C(=O)N[C@@H](CCN)C(=O)N[C@@H](Cc2csc3ccccc23)C(=O)N1C. The van der Waals surface area contributed by atoms with Crippen LogP contribution in [0.3, 0.4) is 0 Å². The minimum atomic E-state index is -1.77.